The van der Waals surface area contributed by atoms with Crippen LogP contribution >= 0.6 is 0 Å². The molecule has 0 aliphatic rings. The summed E-state index contributed by atoms with van der Waals surface area (Å²) < 4.78 is 0. The molecule has 0 spiro atoms. The van der Waals surface area contributed by atoms with Crippen LogP contribution in [0.1, 0.15) is 0 Å². The lowest BCUT2D eigenvalue weighted by atomic mass is 11.8. The van der Waals surface area contributed by atoms with Gasteiger partial charge in [0.1, 0.15) is 0 Å². The van der Waals surface area contributed by atoms with Gasteiger partial charge >= 0.3 is 0 Å². The van der Waals surface area contributed by atoms with Gasteiger partial charge in [0.05, 0.1) is 0 Å². The highest BCUT2D eigenvalue weighted by Crippen LogP contribution is 1.90. The Morgan fingerprint density at radius 2 is 1.17 bits per heavy atom. The molecule has 0 fully saturated rings. The van der Waals surface area contributed by atoms with Crippen LogP contribution in [0.15, 0.2) is 0 Å². The third-order valence-corrected chi connectivity index (χ3v) is 0. The van der Waals surface area contributed by atoms with Crippen LogP contribution in [0.4, 0.5) is 0 Å². The Morgan fingerprint density at radius 3 is 1.17 bits per heavy atom. The molecule has 1 radical (unpaired) electrons. The second-order valence-electron chi connectivity index (χ2n) is 2.11. The van der Waals surface area contributed by atoms with Gasteiger partial charge in [0.15, 0.2) is 0 Å². The molecule has 0 aromatic heterocycles. The van der Waals surface area contributed by atoms with Gasteiger partial charge in [-0.15, -0.1) is 0 Å². The van der Waals surface area contributed by atoms with E-state index < -0.39 is 8.32 Å². The summed E-state index contributed by atoms with van der Waals surface area (Å²) in [6, 6.07) is 0. The van der Waals surface area contributed by atoms with E-state index in [9.17, 15) is 4.80 Å². The lowest BCUT2D eigenvalue weighted by Gasteiger charge is -1.95. The summed E-state index contributed by atoms with van der Waals surface area (Å²) >= 11 is 0. The minimum atomic E-state index is -1.86. The molecule has 39 valence electrons. The van der Waals surface area contributed by atoms with Crippen LogP contribution in [-0.4, -0.2) is 19.3 Å². The van der Waals surface area contributed by atoms with Crippen molar-refractivity contribution in [1.82, 2.24) is 0 Å². The topological polar surface area (TPSA) is 19.9 Å². The largest absolute Gasteiger partial charge is 0.298 e. The fourth-order valence-corrected chi connectivity index (χ4v) is 0. The summed E-state index contributed by atoms with van der Waals surface area (Å²) in [4.78, 5) is 10.2. The molecule has 0 aliphatic heterocycles. The molecule has 0 heterocycles. The van der Waals surface area contributed by atoms with Crippen molar-refractivity contribution in [3.8, 4) is 0 Å². The molecule has 0 saturated carbocycles. The van der Waals surface area contributed by atoms with Crippen molar-refractivity contribution in [2.24, 2.45) is 0 Å². The Balaban J connectivity index is 0. The first-order valence-electron chi connectivity index (χ1n) is 1.70. The fraction of sp³-hybridized carbons (Fsp3) is 1.00. The van der Waals surface area contributed by atoms with Crippen molar-refractivity contribution in [3.63, 3.8) is 0 Å². The molecule has 0 aromatic carbocycles. The van der Waals surface area contributed by atoms with E-state index in [1.807, 2.05) is 0 Å². The predicted molar refractivity (Wildman–Crippen MR) is 35.4 cm³/mol. The average Bonchev–Trinajstić information content (AvgIpc) is 0.722. The van der Waals surface area contributed by atoms with E-state index >= 15 is 0 Å². The summed E-state index contributed by atoms with van der Waals surface area (Å²) in [6.07, 6.45) is 0. The van der Waals surface area contributed by atoms with Gasteiger partial charge in [0, 0.05) is 0 Å². The van der Waals surface area contributed by atoms with Gasteiger partial charge in [-0.05, 0) is 30.6 Å². The van der Waals surface area contributed by atoms with E-state index in [0.29, 0.717) is 0 Å². The molecule has 0 bridgehead atoms. The molecular weight excluding hydrogens is 108 g/mol. The molecule has 1 nitrogen and oxygen atoms in total. The van der Waals surface area contributed by atoms with Gasteiger partial charge in [-0.1, -0.05) is 0 Å². The highest BCUT2D eigenvalue weighted by molar-refractivity contribution is 6.68. The van der Waals surface area contributed by atoms with Crippen molar-refractivity contribution < 1.29 is 4.80 Å². The molecule has 0 saturated heterocycles. The van der Waals surface area contributed by atoms with E-state index in [1.54, 1.807) is 19.6 Å². The Labute approximate surface area is 44.5 Å². The van der Waals surface area contributed by atoms with Crippen LogP contribution in [0.3, 0.4) is 0 Å². The summed E-state index contributed by atoms with van der Waals surface area (Å²) in [7, 11) is -1.86. The number of rotatable bonds is 0. The zero-order valence-electron chi connectivity index (χ0n) is 3.91. The van der Waals surface area contributed by atoms with Crippen molar-refractivity contribution >= 4 is 19.3 Å². The SMILES string of the molecule is C[Si](C)(C)[O].[SiH4]. The smallest absolute Gasteiger partial charge is 0.228 e. The second-order valence-corrected chi connectivity index (χ2v) is 6.34. The Morgan fingerprint density at radius 1 is 1.17 bits per heavy atom. The van der Waals surface area contributed by atoms with Gasteiger partial charge in [-0.25, -0.2) is 0 Å². The lowest BCUT2D eigenvalue weighted by molar-refractivity contribution is 0.436. The zero-order valence-corrected chi connectivity index (χ0v) is 4.91. The highest BCUT2D eigenvalue weighted by atomic mass is 28.4. The van der Waals surface area contributed by atoms with Crippen molar-refractivity contribution in [1.29, 1.82) is 0 Å². The van der Waals surface area contributed by atoms with Gasteiger partial charge in [0.25, 0.3) is 0 Å². The Kier molecular flexibility index (Phi) is 4.09. The van der Waals surface area contributed by atoms with Crippen LogP contribution < -0.4 is 0 Å². The maximum absolute atomic E-state index is 10.2. The third kappa shape index (κ3) is 326. The lowest BCUT2D eigenvalue weighted by Crippen LogP contribution is -2.14. The molecular formula is C3H13OSi2. The molecule has 0 rings (SSSR count). The van der Waals surface area contributed by atoms with Crippen LogP contribution in [0.2, 0.25) is 19.6 Å². The monoisotopic (exact) mass is 121 g/mol. The van der Waals surface area contributed by atoms with E-state index in [4.69, 9.17) is 0 Å². The van der Waals surface area contributed by atoms with Crippen LogP contribution in [-0.2, 0) is 4.80 Å². The van der Waals surface area contributed by atoms with Crippen molar-refractivity contribution in [3.05, 3.63) is 0 Å². The first kappa shape index (κ1) is 9.64. The maximum atomic E-state index is 10.2. The first-order chi connectivity index (χ1) is 2.00. The molecule has 0 aromatic rings. The highest BCUT2D eigenvalue weighted by Gasteiger charge is 2.07. The summed E-state index contributed by atoms with van der Waals surface area (Å²) in [6.45, 7) is 5.31. The summed E-state index contributed by atoms with van der Waals surface area (Å²) in [5, 5.41) is 0. The molecule has 6 heavy (non-hydrogen) atoms. The van der Waals surface area contributed by atoms with E-state index in [0.717, 1.165) is 0 Å². The van der Waals surface area contributed by atoms with Crippen molar-refractivity contribution in [2.45, 2.75) is 19.6 Å². The summed E-state index contributed by atoms with van der Waals surface area (Å²) in [5.41, 5.74) is 0. The minimum Gasteiger partial charge on any atom is -0.298 e. The zero-order chi connectivity index (χ0) is 4.50. The first-order valence-corrected chi connectivity index (χ1v) is 5.11. The molecule has 0 unspecified atom stereocenters. The van der Waals surface area contributed by atoms with Crippen molar-refractivity contribution in [2.75, 3.05) is 0 Å². The maximum Gasteiger partial charge on any atom is 0.228 e. The van der Waals surface area contributed by atoms with E-state index in [-0.39, 0.29) is 11.0 Å². The second kappa shape index (κ2) is 2.55. The van der Waals surface area contributed by atoms with Gasteiger partial charge < -0.3 is 0 Å². The average molecular weight is 121 g/mol. The van der Waals surface area contributed by atoms with Crippen LogP contribution in [0.5, 0.6) is 0 Å². The van der Waals surface area contributed by atoms with Crippen LogP contribution in [0, 0.1) is 0 Å². The van der Waals surface area contributed by atoms with Gasteiger partial charge in [-0.3, -0.25) is 4.80 Å². The molecule has 0 amide bonds. The van der Waals surface area contributed by atoms with Crippen LogP contribution in [0.25, 0.3) is 0 Å². The normalized spacial score (nSPS) is 10.0. The fourth-order valence-electron chi connectivity index (χ4n) is 0. The molecule has 0 N–H and O–H groups in total. The van der Waals surface area contributed by atoms with E-state index in [2.05, 4.69) is 0 Å². The molecule has 3 heteroatoms. The Bertz CT molecular complexity index is 24.3. The molecule has 0 atom stereocenters. The Hall–Kier alpha value is 0.394. The summed E-state index contributed by atoms with van der Waals surface area (Å²) in [5.74, 6) is 0. The predicted octanol–water partition coefficient (Wildman–Crippen LogP) is -0.200. The minimum absolute atomic E-state index is 0. The van der Waals surface area contributed by atoms with Gasteiger partial charge in [0.2, 0.25) is 8.32 Å². The molecule has 0 aliphatic carbocycles. The van der Waals surface area contributed by atoms with E-state index in [1.165, 1.54) is 0 Å². The number of hydrogen-bond acceptors (Lipinski definition) is 0. The standard InChI is InChI=1S/C3H9OSi.H4Si/c1-5(2,3)4;/h1-3H3;1H4. The number of hydrogen-bond donors (Lipinski definition) is 0. The van der Waals surface area contributed by atoms with Gasteiger partial charge in [-0.2, -0.15) is 0 Å². The third-order valence-electron chi connectivity index (χ3n) is 0. The quantitative estimate of drug-likeness (QED) is 0.396.